The van der Waals surface area contributed by atoms with Crippen LogP contribution in [0, 0.1) is 0 Å². The SMILES string of the molecule is O=CNc1ncn(CC2CO2)n1. The zero-order valence-electron chi connectivity index (χ0n) is 6.30. The minimum Gasteiger partial charge on any atom is -0.371 e. The van der Waals surface area contributed by atoms with Crippen LogP contribution in [0.25, 0.3) is 0 Å². The van der Waals surface area contributed by atoms with Crippen LogP contribution in [0.1, 0.15) is 0 Å². The summed E-state index contributed by atoms with van der Waals surface area (Å²) in [4.78, 5) is 13.8. The molecule has 1 aliphatic heterocycles. The lowest BCUT2D eigenvalue weighted by atomic mass is 10.5. The molecule has 1 aromatic rings. The molecular weight excluding hydrogens is 160 g/mol. The first-order valence-electron chi connectivity index (χ1n) is 3.60. The van der Waals surface area contributed by atoms with Crippen molar-refractivity contribution in [2.24, 2.45) is 0 Å². The van der Waals surface area contributed by atoms with Gasteiger partial charge in [-0.25, -0.2) is 9.67 Å². The van der Waals surface area contributed by atoms with Crippen molar-refractivity contribution in [3.8, 4) is 0 Å². The maximum atomic E-state index is 9.99. The van der Waals surface area contributed by atoms with E-state index in [4.69, 9.17) is 4.74 Å². The Balaban J connectivity index is 1.97. The lowest BCUT2D eigenvalue weighted by Crippen LogP contribution is -2.05. The van der Waals surface area contributed by atoms with E-state index < -0.39 is 0 Å². The molecule has 0 bridgehead atoms. The molecule has 1 unspecified atom stereocenters. The molecule has 0 radical (unpaired) electrons. The normalized spacial score (nSPS) is 20.5. The molecule has 1 amide bonds. The number of hydrogen-bond donors (Lipinski definition) is 1. The standard InChI is InChI=1S/C6H8N4O2/c11-4-8-6-7-3-10(9-6)1-5-2-12-5/h3-5H,1-2H2,(H,8,9,11). The first-order chi connectivity index (χ1) is 5.88. The van der Waals surface area contributed by atoms with E-state index in [-0.39, 0.29) is 6.10 Å². The highest BCUT2D eigenvalue weighted by atomic mass is 16.6. The zero-order valence-corrected chi connectivity index (χ0v) is 6.30. The van der Waals surface area contributed by atoms with Crippen molar-refractivity contribution in [1.82, 2.24) is 14.8 Å². The molecule has 1 atom stereocenters. The van der Waals surface area contributed by atoms with E-state index >= 15 is 0 Å². The van der Waals surface area contributed by atoms with E-state index in [0.29, 0.717) is 18.9 Å². The molecule has 2 heterocycles. The third kappa shape index (κ3) is 1.59. The first kappa shape index (κ1) is 7.23. The molecular formula is C6H8N4O2. The molecule has 1 fully saturated rings. The second kappa shape index (κ2) is 2.90. The summed E-state index contributed by atoms with van der Waals surface area (Å²) < 4.78 is 6.65. The summed E-state index contributed by atoms with van der Waals surface area (Å²) in [7, 11) is 0. The summed E-state index contributed by atoms with van der Waals surface area (Å²) in [5.41, 5.74) is 0. The summed E-state index contributed by atoms with van der Waals surface area (Å²) in [5, 5.41) is 6.32. The number of rotatable bonds is 4. The maximum absolute atomic E-state index is 9.99. The van der Waals surface area contributed by atoms with Crippen LogP contribution < -0.4 is 5.32 Å². The summed E-state index contributed by atoms with van der Waals surface area (Å²) >= 11 is 0. The van der Waals surface area contributed by atoms with Crippen LogP contribution in [0.15, 0.2) is 6.33 Å². The van der Waals surface area contributed by atoms with Gasteiger partial charge >= 0.3 is 0 Å². The van der Waals surface area contributed by atoms with Crippen molar-refractivity contribution >= 4 is 12.4 Å². The fourth-order valence-electron chi connectivity index (χ4n) is 0.884. The van der Waals surface area contributed by atoms with Crippen LogP contribution in [0.2, 0.25) is 0 Å². The monoisotopic (exact) mass is 168 g/mol. The highest BCUT2D eigenvalue weighted by molar-refractivity contribution is 5.66. The maximum Gasteiger partial charge on any atom is 0.248 e. The quantitative estimate of drug-likeness (QED) is 0.474. The van der Waals surface area contributed by atoms with Crippen molar-refractivity contribution < 1.29 is 9.53 Å². The molecule has 0 saturated carbocycles. The number of epoxide rings is 1. The topological polar surface area (TPSA) is 72.3 Å². The van der Waals surface area contributed by atoms with Crippen LogP contribution in [0.5, 0.6) is 0 Å². The van der Waals surface area contributed by atoms with Gasteiger partial charge in [-0.1, -0.05) is 0 Å². The van der Waals surface area contributed by atoms with E-state index in [1.54, 1.807) is 11.0 Å². The Hall–Kier alpha value is -1.43. The van der Waals surface area contributed by atoms with Crippen LogP contribution in [0.3, 0.4) is 0 Å². The molecule has 12 heavy (non-hydrogen) atoms. The summed E-state index contributed by atoms with van der Waals surface area (Å²) in [6.07, 6.45) is 2.39. The molecule has 1 N–H and O–H groups in total. The lowest BCUT2D eigenvalue weighted by Gasteiger charge is -1.92. The smallest absolute Gasteiger partial charge is 0.248 e. The average molecular weight is 168 g/mol. The van der Waals surface area contributed by atoms with Gasteiger partial charge in [-0.2, -0.15) is 0 Å². The van der Waals surface area contributed by atoms with Gasteiger partial charge in [0.05, 0.1) is 13.2 Å². The second-order valence-corrected chi connectivity index (χ2v) is 2.51. The third-order valence-electron chi connectivity index (χ3n) is 1.52. The van der Waals surface area contributed by atoms with Gasteiger partial charge in [0.25, 0.3) is 0 Å². The van der Waals surface area contributed by atoms with Crippen molar-refractivity contribution in [3.05, 3.63) is 6.33 Å². The Morgan fingerprint density at radius 1 is 1.92 bits per heavy atom. The Morgan fingerprint density at radius 2 is 2.75 bits per heavy atom. The van der Waals surface area contributed by atoms with E-state index in [2.05, 4.69) is 15.4 Å². The molecule has 0 aliphatic carbocycles. The third-order valence-corrected chi connectivity index (χ3v) is 1.52. The number of nitrogens with zero attached hydrogens (tertiary/aromatic N) is 3. The Morgan fingerprint density at radius 3 is 3.42 bits per heavy atom. The minimum absolute atomic E-state index is 0.274. The van der Waals surface area contributed by atoms with Crippen molar-refractivity contribution in [2.75, 3.05) is 11.9 Å². The summed E-state index contributed by atoms with van der Waals surface area (Å²) in [5.74, 6) is 0.325. The highest BCUT2D eigenvalue weighted by Gasteiger charge is 2.23. The number of carbonyl (C=O) groups is 1. The van der Waals surface area contributed by atoms with Crippen LogP contribution in [-0.2, 0) is 16.1 Å². The van der Waals surface area contributed by atoms with Crippen molar-refractivity contribution in [3.63, 3.8) is 0 Å². The van der Waals surface area contributed by atoms with Gasteiger partial charge in [-0.3, -0.25) is 10.1 Å². The van der Waals surface area contributed by atoms with Crippen molar-refractivity contribution in [1.29, 1.82) is 0 Å². The van der Waals surface area contributed by atoms with E-state index in [0.717, 1.165) is 6.61 Å². The van der Waals surface area contributed by atoms with Gasteiger partial charge in [-0.05, 0) is 0 Å². The fraction of sp³-hybridized carbons (Fsp3) is 0.500. The second-order valence-electron chi connectivity index (χ2n) is 2.51. The minimum atomic E-state index is 0.274. The van der Waals surface area contributed by atoms with E-state index in [1.807, 2.05) is 0 Å². The number of aromatic nitrogens is 3. The predicted molar refractivity (Wildman–Crippen MR) is 39.4 cm³/mol. The van der Waals surface area contributed by atoms with Gasteiger partial charge < -0.3 is 4.74 Å². The summed E-state index contributed by atoms with van der Waals surface area (Å²) in [6, 6.07) is 0. The molecule has 1 aliphatic rings. The van der Waals surface area contributed by atoms with E-state index in [1.165, 1.54) is 0 Å². The number of nitrogens with one attached hydrogen (secondary N) is 1. The largest absolute Gasteiger partial charge is 0.371 e. The van der Waals surface area contributed by atoms with Gasteiger partial charge in [0.15, 0.2) is 0 Å². The predicted octanol–water partition coefficient (Wildman–Crippen LogP) is -0.755. The summed E-state index contributed by atoms with van der Waals surface area (Å²) in [6.45, 7) is 1.49. The lowest BCUT2D eigenvalue weighted by molar-refractivity contribution is -0.105. The Bertz CT molecular complexity index is 281. The molecule has 64 valence electrons. The molecule has 2 rings (SSSR count). The number of amides is 1. The van der Waals surface area contributed by atoms with Gasteiger partial charge in [-0.15, -0.1) is 5.10 Å². The number of anilines is 1. The Kier molecular flexibility index (Phi) is 1.75. The molecule has 1 aromatic heterocycles. The van der Waals surface area contributed by atoms with Crippen LogP contribution in [0.4, 0.5) is 5.95 Å². The molecule has 0 spiro atoms. The van der Waals surface area contributed by atoms with Gasteiger partial charge in [0.2, 0.25) is 12.4 Å². The van der Waals surface area contributed by atoms with Crippen molar-refractivity contribution in [2.45, 2.75) is 12.6 Å². The van der Waals surface area contributed by atoms with Gasteiger partial charge in [0, 0.05) is 0 Å². The first-order valence-corrected chi connectivity index (χ1v) is 3.60. The number of hydrogen-bond acceptors (Lipinski definition) is 4. The molecule has 1 saturated heterocycles. The number of ether oxygens (including phenoxy) is 1. The molecule has 6 nitrogen and oxygen atoms in total. The van der Waals surface area contributed by atoms with Crippen LogP contribution >= 0.6 is 0 Å². The molecule has 6 heteroatoms. The number of carbonyl (C=O) groups excluding carboxylic acids is 1. The van der Waals surface area contributed by atoms with Crippen LogP contribution in [-0.4, -0.2) is 33.9 Å². The molecule has 0 aromatic carbocycles. The average Bonchev–Trinajstić information content (AvgIpc) is 2.74. The van der Waals surface area contributed by atoms with Gasteiger partial charge in [0.1, 0.15) is 12.4 Å². The zero-order chi connectivity index (χ0) is 8.39. The fourth-order valence-corrected chi connectivity index (χ4v) is 0.884. The van der Waals surface area contributed by atoms with E-state index in [9.17, 15) is 4.79 Å². The Labute approximate surface area is 68.5 Å². The highest BCUT2D eigenvalue weighted by Crippen LogP contribution is 2.10.